The van der Waals surface area contributed by atoms with Gasteiger partial charge in [0.2, 0.25) is 0 Å². The molecule has 2 aromatic carbocycles. The molecule has 5 aromatic rings. The van der Waals surface area contributed by atoms with Gasteiger partial charge in [-0.3, -0.25) is 10.3 Å². The van der Waals surface area contributed by atoms with Crippen molar-refractivity contribution in [1.82, 2.24) is 19.9 Å². The molecule has 1 aliphatic carbocycles. The number of rotatable bonds is 6. The minimum absolute atomic E-state index is 0.0714. The average molecular weight is 566 g/mol. The summed E-state index contributed by atoms with van der Waals surface area (Å²) in [5, 5.41) is 4.56. The molecule has 3 heterocycles. The minimum atomic E-state index is -0.649. The zero-order valence-corrected chi connectivity index (χ0v) is 22.3. The van der Waals surface area contributed by atoms with E-state index in [0.717, 1.165) is 15.6 Å². The van der Waals surface area contributed by atoms with E-state index in [1.807, 2.05) is 6.07 Å². The average Bonchev–Trinajstić information content (AvgIpc) is 3.32. The molecule has 12 heteroatoms. The van der Waals surface area contributed by atoms with Gasteiger partial charge in [-0.2, -0.15) is 0 Å². The number of aryl methyl sites for hydroxylation is 1. The number of anilines is 1. The molecule has 1 fully saturated rings. The molecule has 198 valence electrons. The van der Waals surface area contributed by atoms with Crippen molar-refractivity contribution in [2.24, 2.45) is 0 Å². The van der Waals surface area contributed by atoms with Crippen molar-refractivity contribution in [3.8, 4) is 22.1 Å². The van der Waals surface area contributed by atoms with Gasteiger partial charge in [-0.05, 0) is 38.0 Å². The molecule has 1 aliphatic rings. The van der Waals surface area contributed by atoms with Crippen LogP contribution in [0.15, 0.2) is 48.9 Å². The van der Waals surface area contributed by atoms with Crippen molar-refractivity contribution in [1.29, 1.82) is 0 Å². The maximum absolute atomic E-state index is 15.0. The quantitative estimate of drug-likeness (QED) is 0.246. The van der Waals surface area contributed by atoms with Crippen molar-refractivity contribution in [2.45, 2.75) is 32.0 Å². The van der Waals surface area contributed by atoms with Gasteiger partial charge in [0.25, 0.3) is 0 Å². The lowest BCUT2D eigenvalue weighted by atomic mass is 9.92. The molecule has 1 saturated carbocycles. The molecule has 0 unspecified atom stereocenters. The van der Waals surface area contributed by atoms with E-state index >= 15 is 4.39 Å². The molecule has 3 aromatic heterocycles. The molecule has 6 rings (SSSR count). The van der Waals surface area contributed by atoms with Crippen LogP contribution in [0.1, 0.15) is 18.7 Å². The molecule has 0 bridgehead atoms. The van der Waals surface area contributed by atoms with Crippen molar-refractivity contribution in [2.75, 3.05) is 12.4 Å². The normalized spacial score (nSPS) is 16.6. The lowest BCUT2D eigenvalue weighted by Gasteiger charge is -2.35. The second-order valence-electron chi connectivity index (χ2n) is 8.99. The molecular weight excluding hydrogens is 545 g/mol. The van der Waals surface area contributed by atoms with E-state index < -0.39 is 24.1 Å². The first-order valence-corrected chi connectivity index (χ1v) is 13.2. The lowest BCUT2D eigenvalue weighted by molar-refractivity contribution is -0.0431. The summed E-state index contributed by atoms with van der Waals surface area (Å²) in [6, 6.07) is 8.41. The first kappa shape index (κ1) is 25.2. The number of ether oxygens (including phenoxy) is 3. The number of benzene rings is 2. The first-order valence-electron chi connectivity index (χ1n) is 12.0. The molecule has 2 atom stereocenters. The highest BCUT2D eigenvalue weighted by Crippen LogP contribution is 2.39. The zero-order valence-electron chi connectivity index (χ0n) is 20.8. The number of halogens is 2. The monoisotopic (exact) mass is 565 g/mol. The van der Waals surface area contributed by atoms with Crippen LogP contribution < -0.4 is 14.8 Å². The topological polar surface area (TPSA) is 108 Å². The number of aromatic nitrogens is 4. The van der Waals surface area contributed by atoms with E-state index in [1.165, 1.54) is 29.8 Å². The maximum atomic E-state index is 15.0. The highest BCUT2D eigenvalue weighted by Gasteiger charge is 2.37. The Labute approximate surface area is 230 Å². The third-order valence-electron chi connectivity index (χ3n) is 6.35. The van der Waals surface area contributed by atoms with Crippen molar-refractivity contribution < 1.29 is 23.4 Å². The fraction of sp³-hybridized carbons (Fsp3) is 0.222. The smallest absolute Gasteiger partial charge is 0.412 e. The summed E-state index contributed by atoms with van der Waals surface area (Å²) < 4.78 is 32.4. The first-order chi connectivity index (χ1) is 18.9. The summed E-state index contributed by atoms with van der Waals surface area (Å²) in [4.78, 5) is 29.5. The third-order valence-corrected chi connectivity index (χ3v) is 7.62. The van der Waals surface area contributed by atoms with E-state index in [-0.39, 0.29) is 5.75 Å². The van der Waals surface area contributed by atoms with Crippen molar-refractivity contribution in [3.05, 3.63) is 65.6 Å². The van der Waals surface area contributed by atoms with Crippen LogP contribution in [-0.2, 0) is 4.74 Å². The Balaban J connectivity index is 1.21. The van der Waals surface area contributed by atoms with Crippen LogP contribution in [0.3, 0.4) is 0 Å². The van der Waals surface area contributed by atoms with Gasteiger partial charge in [-0.25, -0.2) is 24.1 Å². The number of carbonyl (C=O) groups excluding carboxylic acids is 1. The fourth-order valence-electron chi connectivity index (χ4n) is 4.22. The molecular formula is C27H21ClFN5O4S. The van der Waals surface area contributed by atoms with Crippen LogP contribution in [0.4, 0.5) is 14.9 Å². The molecule has 0 aliphatic heterocycles. The number of pyridine rings is 1. The number of hydrogen-bond acceptors (Lipinski definition) is 9. The Bertz CT molecular complexity index is 1710. The lowest BCUT2D eigenvalue weighted by Crippen LogP contribution is -2.45. The minimum Gasteiger partial charge on any atom is -0.495 e. The van der Waals surface area contributed by atoms with Crippen LogP contribution in [0.2, 0.25) is 5.02 Å². The van der Waals surface area contributed by atoms with E-state index in [9.17, 15) is 4.79 Å². The second-order valence-corrected chi connectivity index (χ2v) is 10.5. The van der Waals surface area contributed by atoms with E-state index in [1.54, 1.807) is 38.4 Å². The van der Waals surface area contributed by atoms with Gasteiger partial charge >= 0.3 is 6.09 Å². The Hall–Kier alpha value is -4.09. The third kappa shape index (κ3) is 5.15. The maximum Gasteiger partial charge on any atom is 0.412 e. The number of nitrogens with zero attached hydrogens (tertiary/aromatic N) is 4. The molecule has 0 spiro atoms. The van der Waals surface area contributed by atoms with Gasteiger partial charge in [0, 0.05) is 28.1 Å². The number of nitrogens with one attached hydrogen (secondary N) is 1. The van der Waals surface area contributed by atoms with Crippen LogP contribution in [0, 0.1) is 12.7 Å². The number of carbonyl (C=O) groups is 1. The van der Waals surface area contributed by atoms with Crippen LogP contribution in [0.5, 0.6) is 11.5 Å². The van der Waals surface area contributed by atoms with Crippen LogP contribution in [0.25, 0.3) is 31.7 Å². The number of hydrogen-bond donors (Lipinski definition) is 1. The Morgan fingerprint density at radius 3 is 2.62 bits per heavy atom. The summed E-state index contributed by atoms with van der Waals surface area (Å²) in [6.45, 7) is 1.75. The fourth-order valence-corrected chi connectivity index (χ4v) is 5.44. The van der Waals surface area contributed by atoms with Gasteiger partial charge in [-0.1, -0.05) is 11.6 Å². The number of fused-ring (bicyclic) bond motifs is 2. The summed E-state index contributed by atoms with van der Waals surface area (Å²) in [6.07, 6.45) is 4.21. The predicted octanol–water partition coefficient (Wildman–Crippen LogP) is 6.57. The van der Waals surface area contributed by atoms with Gasteiger partial charge < -0.3 is 14.2 Å². The van der Waals surface area contributed by atoms with Gasteiger partial charge in [0.15, 0.2) is 11.6 Å². The molecule has 0 radical (unpaired) electrons. The Kier molecular flexibility index (Phi) is 6.61. The Morgan fingerprint density at radius 2 is 1.87 bits per heavy atom. The van der Waals surface area contributed by atoms with E-state index in [4.69, 9.17) is 25.8 Å². The highest BCUT2D eigenvalue weighted by atomic mass is 35.5. The van der Waals surface area contributed by atoms with Crippen molar-refractivity contribution in [3.63, 3.8) is 0 Å². The second kappa shape index (κ2) is 10.2. The van der Waals surface area contributed by atoms with E-state index in [2.05, 4.69) is 25.3 Å². The summed E-state index contributed by atoms with van der Waals surface area (Å²) >= 11 is 7.76. The molecule has 0 saturated heterocycles. The summed E-state index contributed by atoms with van der Waals surface area (Å²) in [5.41, 5.74) is 2.35. The van der Waals surface area contributed by atoms with Gasteiger partial charge in [-0.15, -0.1) is 11.3 Å². The van der Waals surface area contributed by atoms with Gasteiger partial charge in [0.05, 0.1) is 47.1 Å². The van der Waals surface area contributed by atoms with Crippen LogP contribution in [-0.4, -0.2) is 45.3 Å². The zero-order chi connectivity index (χ0) is 27.1. The molecule has 1 N–H and O–H groups in total. The summed E-state index contributed by atoms with van der Waals surface area (Å²) in [5.74, 6) is 0.725. The Morgan fingerprint density at radius 1 is 1.08 bits per heavy atom. The molecule has 39 heavy (non-hydrogen) atoms. The number of methoxy groups -OCH3 is 1. The predicted molar refractivity (Wildman–Crippen MR) is 146 cm³/mol. The van der Waals surface area contributed by atoms with Gasteiger partial charge in [0.1, 0.15) is 28.8 Å². The van der Waals surface area contributed by atoms with Crippen molar-refractivity contribution >= 4 is 55.8 Å². The van der Waals surface area contributed by atoms with E-state index in [0.29, 0.717) is 51.2 Å². The standard InChI is InChI=1S/C27H21ClFN5O4S/c1-13-30-10-16(11-31-13)33-27(35)38-22-4-3-21(22)37-23-9-24-20(8-19(23)29)34-26(39-24)18-7-15(28)5-14-6-17(36-2)12-32-25(14)18/h5-12,21-22H,3-4H2,1-2H3,(H,33,35)/t21-,22+/m1/s1. The van der Waals surface area contributed by atoms with Crippen LogP contribution >= 0.6 is 22.9 Å². The number of thiazole rings is 1. The SMILES string of the molecule is COc1cnc2c(-c3nc4cc(F)c(O[C@@H]5CC[C@@H]5OC(=O)Nc5cnc(C)nc5)cc4s3)cc(Cl)cc2c1. The summed E-state index contributed by atoms with van der Waals surface area (Å²) in [7, 11) is 1.57. The highest BCUT2D eigenvalue weighted by molar-refractivity contribution is 7.21. The molecule has 9 nitrogen and oxygen atoms in total. The molecule has 1 amide bonds. The number of amides is 1. The largest absolute Gasteiger partial charge is 0.495 e.